The van der Waals surface area contributed by atoms with Gasteiger partial charge in [0.1, 0.15) is 13.2 Å². The highest BCUT2D eigenvalue weighted by Crippen LogP contribution is 2.36. The summed E-state index contributed by atoms with van der Waals surface area (Å²) in [6.07, 6.45) is -0.427. The summed E-state index contributed by atoms with van der Waals surface area (Å²) in [7, 11) is 0. The summed E-state index contributed by atoms with van der Waals surface area (Å²) in [6.45, 7) is 2.98. The fourth-order valence-corrected chi connectivity index (χ4v) is 2.88. The lowest BCUT2D eigenvalue weighted by Gasteiger charge is -2.18. The second-order valence-electron chi connectivity index (χ2n) is 4.65. The van der Waals surface area contributed by atoms with Crippen LogP contribution in [0.15, 0.2) is 52.3 Å². The third-order valence-corrected chi connectivity index (χ3v) is 4.11. The van der Waals surface area contributed by atoms with Crippen molar-refractivity contribution in [1.82, 2.24) is 0 Å². The highest BCUT2D eigenvalue weighted by Gasteiger charge is 2.12. The van der Waals surface area contributed by atoms with Crippen LogP contribution < -0.4 is 9.47 Å². The average molecular weight is 288 g/mol. The largest absolute Gasteiger partial charge is 0.486 e. The summed E-state index contributed by atoms with van der Waals surface area (Å²) >= 11 is 1.66. The van der Waals surface area contributed by atoms with Crippen molar-refractivity contribution in [3.8, 4) is 11.5 Å². The third-order valence-electron chi connectivity index (χ3n) is 3.11. The Hall–Kier alpha value is -1.65. The molecule has 1 heterocycles. The van der Waals surface area contributed by atoms with Crippen molar-refractivity contribution >= 4 is 11.8 Å². The molecular formula is C16H16O3S. The van der Waals surface area contributed by atoms with E-state index in [0.717, 1.165) is 26.9 Å². The molecule has 4 heteroatoms. The Labute approximate surface area is 122 Å². The highest BCUT2D eigenvalue weighted by molar-refractivity contribution is 7.99. The molecule has 2 aromatic carbocycles. The minimum absolute atomic E-state index is 0.427. The number of hydrogen-bond donors (Lipinski definition) is 1. The quantitative estimate of drug-likeness (QED) is 0.935. The molecule has 0 saturated heterocycles. The van der Waals surface area contributed by atoms with Crippen molar-refractivity contribution in [2.45, 2.75) is 22.8 Å². The molecule has 104 valence electrons. The van der Waals surface area contributed by atoms with Crippen LogP contribution in [0.5, 0.6) is 11.5 Å². The van der Waals surface area contributed by atoms with Crippen LogP contribution in [0.25, 0.3) is 0 Å². The predicted octanol–water partition coefficient (Wildman–Crippen LogP) is 3.66. The van der Waals surface area contributed by atoms with E-state index in [1.807, 2.05) is 42.5 Å². The third kappa shape index (κ3) is 2.92. The second kappa shape index (κ2) is 5.77. The van der Waals surface area contributed by atoms with Gasteiger partial charge in [0.2, 0.25) is 0 Å². The minimum atomic E-state index is -0.427. The molecule has 1 N–H and O–H groups in total. The van der Waals surface area contributed by atoms with Crippen molar-refractivity contribution in [3.63, 3.8) is 0 Å². The zero-order chi connectivity index (χ0) is 13.9. The van der Waals surface area contributed by atoms with Crippen molar-refractivity contribution in [2.75, 3.05) is 13.2 Å². The summed E-state index contributed by atoms with van der Waals surface area (Å²) < 4.78 is 11.1. The zero-order valence-corrected chi connectivity index (χ0v) is 12.0. The Morgan fingerprint density at radius 3 is 2.30 bits per heavy atom. The monoisotopic (exact) mass is 288 g/mol. The maximum absolute atomic E-state index is 9.50. The number of fused-ring (bicyclic) bond motifs is 1. The Kier molecular flexibility index (Phi) is 3.85. The van der Waals surface area contributed by atoms with Crippen LogP contribution in [0.2, 0.25) is 0 Å². The van der Waals surface area contributed by atoms with Crippen LogP contribution in [0.1, 0.15) is 18.6 Å². The van der Waals surface area contributed by atoms with E-state index < -0.39 is 6.10 Å². The topological polar surface area (TPSA) is 38.7 Å². The maximum atomic E-state index is 9.50. The first kappa shape index (κ1) is 13.3. The van der Waals surface area contributed by atoms with Gasteiger partial charge in [0.25, 0.3) is 0 Å². The molecule has 1 atom stereocenters. The standard InChI is InChI=1S/C16H16O3S/c1-11(17)12-2-4-13(5-3-12)20-14-6-7-15-16(10-14)19-9-8-18-15/h2-7,10-11,17H,8-9H2,1H3/t11-/m1/s1. The van der Waals surface area contributed by atoms with Crippen molar-refractivity contribution in [1.29, 1.82) is 0 Å². The van der Waals surface area contributed by atoms with Crippen LogP contribution in [-0.4, -0.2) is 18.3 Å². The van der Waals surface area contributed by atoms with Gasteiger partial charge in [0.05, 0.1) is 6.10 Å². The molecule has 0 aliphatic carbocycles. The van der Waals surface area contributed by atoms with Gasteiger partial charge in [-0.15, -0.1) is 0 Å². The van der Waals surface area contributed by atoms with E-state index >= 15 is 0 Å². The van der Waals surface area contributed by atoms with Gasteiger partial charge < -0.3 is 14.6 Å². The van der Waals surface area contributed by atoms with E-state index in [1.54, 1.807) is 18.7 Å². The Bertz CT molecular complexity index is 593. The highest BCUT2D eigenvalue weighted by atomic mass is 32.2. The van der Waals surface area contributed by atoms with Crippen molar-refractivity contribution in [3.05, 3.63) is 48.0 Å². The number of rotatable bonds is 3. The molecule has 0 bridgehead atoms. The van der Waals surface area contributed by atoms with Gasteiger partial charge in [-0.1, -0.05) is 23.9 Å². The van der Waals surface area contributed by atoms with Crippen LogP contribution in [0, 0.1) is 0 Å². The van der Waals surface area contributed by atoms with E-state index in [9.17, 15) is 5.11 Å². The van der Waals surface area contributed by atoms with Crippen molar-refractivity contribution in [2.24, 2.45) is 0 Å². The second-order valence-corrected chi connectivity index (χ2v) is 5.80. The Balaban J connectivity index is 1.77. The summed E-state index contributed by atoms with van der Waals surface area (Å²) in [4.78, 5) is 2.24. The minimum Gasteiger partial charge on any atom is -0.486 e. The predicted molar refractivity (Wildman–Crippen MR) is 78.6 cm³/mol. The first-order chi connectivity index (χ1) is 9.72. The van der Waals surface area contributed by atoms with Gasteiger partial charge in [-0.2, -0.15) is 0 Å². The number of hydrogen-bond acceptors (Lipinski definition) is 4. The van der Waals surface area contributed by atoms with E-state index in [-0.39, 0.29) is 0 Å². The molecule has 0 unspecified atom stereocenters. The maximum Gasteiger partial charge on any atom is 0.162 e. The molecule has 20 heavy (non-hydrogen) atoms. The summed E-state index contributed by atoms with van der Waals surface area (Å²) in [5.74, 6) is 1.62. The lowest BCUT2D eigenvalue weighted by atomic mass is 10.1. The lowest BCUT2D eigenvalue weighted by Crippen LogP contribution is -2.15. The van der Waals surface area contributed by atoms with Gasteiger partial charge in [-0.25, -0.2) is 0 Å². The number of benzene rings is 2. The summed E-state index contributed by atoms with van der Waals surface area (Å²) in [5, 5.41) is 9.50. The fraction of sp³-hybridized carbons (Fsp3) is 0.250. The molecule has 0 saturated carbocycles. The molecule has 2 aromatic rings. The Morgan fingerprint density at radius 2 is 1.60 bits per heavy atom. The number of ether oxygens (including phenoxy) is 2. The average Bonchev–Trinajstić information content (AvgIpc) is 2.48. The summed E-state index contributed by atoms with van der Waals surface area (Å²) in [6, 6.07) is 13.9. The van der Waals surface area contributed by atoms with E-state index in [0.29, 0.717) is 13.2 Å². The normalized spacial score (nSPS) is 14.9. The molecular weight excluding hydrogens is 272 g/mol. The smallest absolute Gasteiger partial charge is 0.162 e. The molecule has 0 radical (unpaired) electrons. The molecule has 3 rings (SSSR count). The summed E-state index contributed by atoms with van der Waals surface area (Å²) in [5.41, 5.74) is 0.927. The van der Waals surface area contributed by atoms with Crippen molar-refractivity contribution < 1.29 is 14.6 Å². The Morgan fingerprint density at radius 1 is 0.950 bits per heavy atom. The molecule has 3 nitrogen and oxygen atoms in total. The van der Waals surface area contributed by atoms with Gasteiger partial charge in [-0.05, 0) is 42.8 Å². The first-order valence-corrected chi connectivity index (χ1v) is 7.39. The SMILES string of the molecule is C[C@@H](O)c1ccc(Sc2ccc3c(c2)OCCO3)cc1. The van der Waals surface area contributed by atoms with E-state index in [2.05, 4.69) is 0 Å². The van der Waals surface area contributed by atoms with Gasteiger partial charge >= 0.3 is 0 Å². The first-order valence-electron chi connectivity index (χ1n) is 6.58. The van der Waals surface area contributed by atoms with Crippen LogP contribution in [-0.2, 0) is 0 Å². The molecule has 0 amide bonds. The molecule has 1 aliphatic rings. The molecule has 0 aromatic heterocycles. The lowest BCUT2D eigenvalue weighted by molar-refractivity contribution is 0.171. The van der Waals surface area contributed by atoms with E-state index in [1.165, 1.54) is 0 Å². The molecule has 0 fully saturated rings. The van der Waals surface area contributed by atoms with Crippen LogP contribution in [0.3, 0.4) is 0 Å². The van der Waals surface area contributed by atoms with Crippen LogP contribution >= 0.6 is 11.8 Å². The number of aliphatic hydroxyl groups is 1. The van der Waals surface area contributed by atoms with Crippen LogP contribution in [0.4, 0.5) is 0 Å². The zero-order valence-electron chi connectivity index (χ0n) is 11.2. The van der Waals surface area contributed by atoms with Gasteiger partial charge in [-0.3, -0.25) is 0 Å². The number of aliphatic hydroxyl groups excluding tert-OH is 1. The van der Waals surface area contributed by atoms with Gasteiger partial charge in [0.15, 0.2) is 11.5 Å². The van der Waals surface area contributed by atoms with Gasteiger partial charge in [0, 0.05) is 9.79 Å². The van der Waals surface area contributed by atoms with E-state index in [4.69, 9.17) is 9.47 Å². The molecule has 0 spiro atoms. The molecule has 1 aliphatic heterocycles. The fourth-order valence-electron chi connectivity index (χ4n) is 2.04.